The summed E-state index contributed by atoms with van der Waals surface area (Å²) in [4.78, 5) is 26.0. The molecule has 6 nitrogen and oxygen atoms in total. The van der Waals surface area contributed by atoms with E-state index in [-0.39, 0.29) is 18.6 Å². The lowest BCUT2D eigenvalue weighted by Crippen LogP contribution is -2.35. The van der Waals surface area contributed by atoms with Gasteiger partial charge in [-0.15, -0.1) is 0 Å². The molecule has 1 aliphatic heterocycles. The van der Waals surface area contributed by atoms with Gasteiger partial charge in [-0.1, -0.05) is 11.6 Å². The first kappa shape index (κ1) is 12.9. The number of carbonyl (C=O) groups is 1. The SMILES string of the molecule is CC(C)n1nc2n(c1=O)C(=O)N(c1ccc(Cl)cc1)C2. The van der Waals surface area contributed by atoms with Gasteiger partial charge in [-0.2, -0.15) is 9.67 Å². The van der Waals surface area contributed by atoms with Gasteiger partial charge in [-0.25, -0.2) is 14.3 Å². The number of rotatable bonds is 2. The maximum atomic E-state index is 12.3. The van der Waals surface area contributed by atoms with Crippen LogP contribution in [0.1, 0.15) is 25.7 Å². The number of carbonyl (C=O) groups excluding carboxylic acids is 1. The Balaban J connectivity index is 2.00. The molecule has 3 rings (SSSR count). The molecule has 1 aliphatic rings. The van der Waals surface area contributed by atoms with E-state index in [0.29, 0.717) is 16.5 Å². The third-order valence-corrected chi connectivity index (χ3v) is 3.47. The molecule has 0 fully saturated rings. The quantitative estimate of drug-likeness (QED) is 0.853. The number of halogens is 1. The van der Waals surface area contributed by atoms with E-state index in [2.05, 4.69) is 5.10 Å². The summed E-state index contributed by atoms with van der Waals surface area (Å²) in [5, 5.41) is 4.81. The number of anilines is 1. The molecule has 2 heterocycles. The van der Waals surface area contributed by atoms with Gasteiger partial charge >= 0.3 is 11.7 Å². The predicted molar refractivity (Wildman–Crippen MR) is 75.3 cm³/mol. The minimum absolute atomic E-state index is 0.0719. The molecule has 0 unspecified atom stereocenters. The lowest BCUT2D eigenvalue weighted by molar-refractivity contribution is 0.249. The summed E-state index contributed by atoms with van der Waals surface area (Å²) in [7, 11) is 0. The van der Waals surface area contributed by atoms with Gasteiger partial charge in [0.25, 0.3) is 0 Å². The predicted octanol–water partition coefficient (Wildman–Crippen LogP) is 2.27. The standard InChI is InChI=1S/C13H13ClN4O2/c1-8(2)18-13(20)17-11(15-18)7-16(12(17)19)10-5-3-9(14)4-6-10/h3-6,8H,7H2,1-2H3. The molecular weight excluding hydrogens is 280 g/mol. The van der Waals surface area contributed by atoms with Gasteiger partial charge in [-0.3, -0.25) is 4.90 Å². The van der Waals surface area contributed by atoms with Crippen molar-refractivity contribution in [1.82, 2.24) is 14.3 Å². The molecule has 0 atom stereocenters. The second kappa shape index (κ2) is 4.49. The Morgan fingerprint density at radius 1 is 1.20 bits per heavy atom. The van der Waals surface area contributed by atoms with Gasteiger partial charge in [0.1, 0.15) is 0 Å². The van der Waals surface area contributed by atoms with Crippen molar-refractivity contribution in [2.45, 2.75) is 26.4 Å². The largest absolute Gasteiger partial charge is 0.354 e. The van der Waals surface area contributed by atoms with Gasteiger partial charge < -0.3 is 0 Å². The van der Waals surface area contributed by atoms with E-state index in [1.807, 2.05) is 13.8 Å². The van der Waals surface area contributed by atoms with Crippen molar-refractivity contribution in [3.63, 3.8) is 0 Å². The van der Waals surface area contributed by atoms with Crippen LogP contribution in [0.3, 0.4) is 0 Å². The molecule has 1 amide bonds. The molecule has 104 valence electrons. The molecule has 1 aromatic heterocycles. The number of nitrogens with zero attached hydrogens (tertiary/aromatic N) is 4. The zero-order valence-corrected chi connectivity index (χ0v) is 11.8. The van der Waals surface area contributed by atoms with Crippen LogP contribution >= 0.6 is 11.6 Å². The zero-order chi connectivity index (χ0) is 14.4. The summed E-state index contributed by atoms with van der Waals surface area (Å²) in [5.41, 5.74) is 0.303. The van der Waals surface area contributed by atoms with Gasteiger partial charge in [0.15, 0.2) is 5.82 Å². The Hall–Kier alpha value is -2.08. The highest BCUT2D eigenvalue weighted by atomic mass is 35.5. The van der Waals surface area contributed by atoms with Crippen LogP contribution in [0, 0.1) is 0 Å². The fourth-order valence-corrected chi connectivity index (χ4v) is 2.33. The van der Waals surface area contributed by atoms with Crippen molar-refractivity contribution in [2.75, 3.05) is 4.90 Å². The van der Waals surface area contributed by atoms with Crippen LogP contribution in [0.5, 0.6) is 0 Å². The van der Waals surface area contributed by atoms with Crippen LogP contribution in [0.15, 0.2) is 29.1 Å². The van der Waals surface area contributed by atoms with E-state index in [1.165, 1.54) is 9.58 Å². The number of amides is 1. The molecule has 0 aliphatic carbocycles. The Morgan fingerprint density at radius 3 is 2.40 bits per heavy atom. The van der Waals surface area contributed by atoms with Gasteiger partial charge in [-0.05, 0) is 38.1 Å². The summed E-state index contributed by atoms with van der Waals surface area (Å²) in [6, 6.07) is 6.45. The number of hydrogen-bond donors (Lipinski definition) is 0. The minimum atomic E-state index is -0.392. The molecule has 0 N–H and O–H groups in total. The van der Waals surface area contributed by atoms with Gasteiger partial charge in [0.05, 0.1) is 12.6 Å². The Bertz CT molecular complexity index is 730. The summed E-state index contributed by atoms with van der Waals surface area (Å²) >= 11 is 5.83. The second-order valence-electron chi connectivity index (χ2n) is 4.92. The van der Waals surface area contributed by atoms with Crippen LogP contribution in [0.4, 0.5) is 10.5 Å². The molecule has 0 bridgehead atoms. The summed E-state index contributed by atoms with van der Waals surface area (Å²) in [5.74, 6) is 0.462. The fraction of sp³-hybridized carbons (Fsp3) is 0.308. The topological polar surface area (TPSA) is 60.1 Å². The lowest BCUT2D eigenvalue weighted by Gasteiger charge is -2.15. The number of benzene rings is 1. The van der Waals surface area contributed by atoms with Crippen LogP contribution in [-0.2, 0) is 6.54 Å². The lowest BCUT2D eigenvalue weighted by atomic mass is 10.3. The molecule has 7 heteroatoms. The Labute approximate surface area is 120 Å². The minimum Gasteiger partial charge on any atom is -0.286 e. The molecular formula is C13H13ClN4O2. The first-order valence-corrected chi connectivity index (χ1v) is 6.64. The first-order chi connectivity index (χ1) is 9.49. The van der Waals surface area contributed by atoms with Crippen LogP contribution in [0.2, 0.25) is 5.02 Å². The average Bonchev–Trinajstić information content (AvgIpc) is 2.89. The first-order valence-electron chi connectivity index (χ1n) is 6.27. The highest BCUT2D eigenvalue weighted by Crippen LogP contribution is 2.24. The van der Waals surface area contributed by atoms with Crippen LogP contribution in [-0.4, -0.2) is 20.4 Å². The maximum absolute atomic E-state index is 12.3. The van der Waals surface area contributed by atoms with Crippen molar-refractivity contribution in [1.29, 1.82) is 0 Å². The van der Waals surface area contributed by atoms with E-state index < -0.39 is 5.69 Å². The normalized spacial score (nSPS) is 14.2. The van der Waals surface area contributed by atoms with Gasteiger partial charge in [0.2, 0.25) is 0 Å². The van der Waals surface area contributed by atoms with Crippen molar-refractivity contribution in [2.24, 2.45) is 0 Å². The summed E-state index contributed by atoms with van der Waals surface area (Å²) in [6.07, 6.45) is 0. The average molecular weight is 293 g/mol. The molecule has 2 aromatic rings. The monoisotopic (exact) mass is 292 g/mol. The van der Waals surface area contributed by atoms with E-state index in [1.54, 1.807) is 24.3 Å². The zero-order valence-electron chi connectivity index (χ0n) is 11.1. The number of fused-ring (bicyclic) bond motifs is 1. The molecule has 0 radical (unpaired) electrons. The number of aromatic nitrogens is 3. The van der Waals surface area contributed by atoms with Crippen LogP contribution in [0.25, 0.3) is 0 Å². The van der Waals surface area contributed by atoms with E-state index in [4.69, 9.17) is 11.6 Å². The molecule has 0 spiro atoms. The molecule has 20 heavy (non-hydrogen) atoms. The molecule has 0 saturated heterocycles. The maximum Gasteiger partial charge on any atom is 0.354 e. The molecule has 1 aromatic carbocycles. The Morgan fingerprint density at radius 2 is 1.85 bits per heavy atom. The third kappa shape index (κ3) is 1.84. The van der Waals surface area contributed by atoms with E-state index >= 15 is 0 Å². The molecule has 0 saturated carbocycles. The van der Waals surface area contributed by atoms with Crippen molar-refractivity contribution in [3.8, 4) is 0 Å². The van der Waals surface area contributed by atoms with Crippen molar-refractivity contribution < 1.29 is 4.79 Å². The Kier molecular flexibility index (Phi) is 2.90. The highest BCUT2D eigenvalue weighted by Gasteiger charge is 2.33. The highest BCUT2D eigenvalue weighted by molar-refractivity contribution is 6.30. The third-order valence-electron chi connectivity index (χ3n) is 3.22. The van der Waals surface area contributed by atoms with Crippen molar-refractivity contribution in [3.05, 3.63) is 45.6 Å². The van der Waals surface area contributed by atoms with Gasteiger partial charge in [0, 0.05) is 10.7 Å². The van der Waals surface area contributed by atoms with E-state index in [9.17, 15) is 9.59 Å². The van der Waals surface area contributed by atoms with Crippen LogP contribution < -0.4 is 10.6 Å². The van der Waals surface area contributed by atoms with Crippen molar-refractivity contribution >= 4 is 23.3 Å². The summed E-state index contributed by atoms with van der Waals surface area (Å²) in [6.45, 7) is 3.99. The number of hydrogen-bond acceptors (Lipinski definition) is 3. The smallest absolute Gasteiger partial charge is 0.286 e. The second-order valence-corrected chi connectivity index (χ2v) is 5.35. The van der Waals surface area contributed by atoms with E-state index in [0.717, 1.165) is 4.57 Å². The summed E-state index contributed by atoms with van der Waals surface area (Å²) < 4.78 is 2.45. The fourth-order valence-electron chi connectivity index (χ4n) is 2.21.